The van der Waals surface area contributed by atoms with Gasteiger partial charge in [-0.1, -0.05) is 0 Å². The van der Waals surface area contributed by atoms with Crippen LogP contribution in [0.1, 0.15) is 17.9 Å². The third-order valence-corrected chi connectivity index (χ3v) is 8.31. The van der Waals surface area contributed by atoms with Gasteiger partial charge in [-0.2, -0.15) is 0 Å². The Morgan fingerprint density at radius 3 is 2.74 bits per heavy atom. The van der Waals surface area contributed by atoms with Crippen LogP contribution >= 0.6 is 11.3 Å². The number of thiophene rings is 1. The van der Waals surface area contributed by atoms with Crippen molar-refractivity contribution in [3.05, 3.63) is 11.6 Å². The van der Waals surface area contributed by atoms with Crippen LogP contribution in [-0.2, 0) is 34.1 Å². The minimum Gasteiger partial charge on any atom is -0.382 e. The van der Waals surface area contributed by atoms with Crippen molar-refractivity contribution < 1.29 is 31.0 Å². The average molecular weight is 385 g/mol. The van der Waals surface area contributed by atoms with E-state index in [-0.39, 0.29) is 33.5 Å². The van der Waals surface area contributed by atoms with Crippen molar-refractivity contribution in [2.75, 3.05) is 39.5 Å². The van der Waals surface area contributed by atoms with Gasteiger partial charge in [-0.3, -0.25) is 0 Å². The summed E-state index contributed by atoms with van der Waals surface area (Å²) in [6.07, 6.45) is 0.369. The number of hydrogen-bond donors (Lipinski definition) is 1. The van der Waals surface area contributed by atoms with Gasteiger partial charge in [0.2, 0.25) is 10.0 Å². The van der Waals surface area contributed by atoms with Gasteiger partial charge in [0.15, 0.2) is 9.84 Å². The molecule has 0 radical (unpaired) electrons. The molecule has 2 rings (SSSR count). The van der Waals surface area contributed by atoms with Crippen LogP contribution in [0.5, 0.6) is 0 Å². The zero-order chi connectivity index (χ0) is 17.1. The second-order valence-electron chi connectivity index (χ2n) is 5.05. The van der Waals surface area contributed by atoms with Gasteiger partial charge in [-0.05, 0) is 18.1 Å². The monoisotopic (exact) mass is 385 g/mol. The highest BCUT2D eigenvalue weighted by atomic mass is 32.3. The SMILES string of the molecule is COCCOCOCC1CCS(=O)(=O)c2sc(S(N)(=O)=O)cc21. The van der Waals surface area contributed by atoms with Gasteiger partial charge >= 0.3 is 0 Å². The fourth-order valence-corrected chi connectivity index (χ4v) is 6.47. The first-order chi connectivity index (χ1) is 10.8. The number of methoxy groups -OCH3 is 1. The number of hydrogen-bond acceptors (Lipinski definition) is 8. The largest absolute Gasteiger partial charge is 0.382 e. The molecule has 11 heteroatoms. The maximum atomic E-state index is 12.1. The predicted molar refractivity (Wildman–Crippen MR) is 83.8 cm³/mol. The van der Waals surface area contributed by atoms with Crippen LogP contribution in [0.25, 0.3) is 0 Å². The van der Waals surface area contributed by atoms with Crippen LogP contribution < -0.4 is 5.14 Å². The molecule has 8 nitrogen and oxygen atoms in total. The van der Waals surface area contributed by atoms with Crippen molar-refractivity contribution in [3.63, 3.8) is 0 Å². The Bertz CT molecular complexity index is 739. The maximum absolute atomic E-state index is 12.1. The Balaban J connectivity index is 2.09. The Morgan fingerprint density at radius 2 is 2.09 bits per heavy atom. The van der Waals surface area contributed by atoms with E-state index in [1.807, 2.05) is 0 Å². The van der Waals surface area contributed by atoms with Gasteiger partial charge in [0.25, 0.3) is 0 Å². The number of sulfonamides is 1. The lowest BCUT2D eigenvalue weighted by atomic mass is 10.0. The molecule has 1 aliphatic rings. The number of sulfone groups is 1. The molecule has 1 aliphatic heterocycles. The summed E-state index contributed by atoms with van der Waals surface area (Å²) >= 11 is 0.699. The van der Waals surface area contributed by atoms with Crippen molar-refractivity contribution in [1.82, 2.24) is 0 Å². The first kappa shape index (κ1) is 18.8. The molecule has 0 saturated carbocycles. The van der Waals surface area contributed by atoms with E-state index in [0.29, 0.717) is 36.5 Å². The average Bonchev–Trinajstić information content (AvgIpc) is 2.91. The van der Waals surface area contributed by atoms with Crippen molar-refractivity contribution >= 4 is 31.2 Å². The second-order valence-corrected chi connectivity index (χ2v) is 10.2. The summed E-state index contributed by atoms with van der Waals surface area (Å²) in [7, 11) is -5.83. The highest BCUT2D eigenvalue weighted by Gasteiger charge is 2.34. The van der Waals surface area contributed by atoms with E-state index >= 15 is 0 Å². The molecule has 0 aromatic carbocycles. The number of nitrogens with two attached hydrogens (primary N) is 1. The molecule has 1 unspecified atom stereocenters. The van der Waals surface area contributed by atoms with Gasteiger partial charge < -0.3 is 14.2 Å². The quantitative estimate of drug-likeness (QED) is 0.504. The first-order valence-electron chi connectivity index (χ1n) is 6.79. The number of fused-ring (bicyclic) bond motifs is 1. The maximum Gasteiger partial charge on any atom is 0.247 e. The van der Waals surface area contributed by atoms with Crippen molar-refractivity contribution in [2.45, 2.75) is 20.8 Å². The molecule has 0 bridgehead atoms. The summed E-state index contributed by atoms with van der Waals surface area (Å²) < 4.78 is 62.4. The highest BCUT2D eigenvalue weighted by molar-refractivity contribution is 7.95. The summed E-state index contributed by atoms with van der Waals surface area (Å²) in [5, 5.41) is 5.10. The molecule has 1 atom stereocenters. The molecular weight excluding hydrogens is 366 g/mol. The zero-order valence-electron chi connectivity index (χ0n) is 12.6. The van der Waals surface area contributed by atoms with Crippen LogP contribution in [0.2, 0.25) is 0 Å². The number of rotatable bonds is 8. The predicted octanol–water partition coefficient (Wildman–Crippen LogP) is 0.294. The van der Waals surface area contributed by atoms with Crippen LogP contribution in [0.3, 0.4) is 0 Å². The van der Waals surface area contributed by atoms with Crippen molar-refractivity contribution in [3.8, 4) is 0 Å². The molecule has 0 spiro atoms. The topological polar surface area (TPSA) is 122 Å². The van der Waals surface area contributed by atoms with E-state index in [2.05, 4.69) is 0 Å². The summed E-state index contributed by atoms with van der Waals surface area (Å²) in [5.41, 5.74) is 0.460. The standard InChI is InChI=1S/C12H19NO7S3/c1-18-3-4-19-8-20-7-9-2-5-22(14,15)12-10(9)6-11(21-12)23(13,16)17/h6,9H,2-5,7-8H2,1H3,(H2,13,16,17). The van der Waals surface area contributed by atoms with Gasteiger partial charge in [0, 0.05) is 13.0 Å². The highest BCUT2D eigenvalue weighted by Crippen LogP contribution is 2.40. The molecule has 2 heterocycles. The first-order valence-corrected chi connectivity index (χ1v) is 10.8. The lowest BCUT2D eigenvalue weighted by molar-refractivity contribution is -0.0696. The van der Waals surface area contributed by atoms with E-state index in [4.69, 9.17) is 19.3 Å². The molecule has 0 fully saturated rings. The third kappa shape index (κ3) is 4.72. The summed E-state index contributed by atoms with van der Waals surface area (Å²) in [6.45, 7) is 1.16. The Hall–Kier alpha value is -0.560. The molecule has 1 aromatic rings. The lowest BCUT2D eigenvalue weighted by Crippen LogP contribution is -2.21. The number of ether oxygens (including phenoxy) is 3. The fraction of sp³-hybridized carbons (Fsp3) is 0.667. The second kappa shape index (κ2) is 7.55. The van der Waals surface area contributed by atoms with Crippen LogP contribution in [0.15, 0.2) is 14.5 Å². The normalized spacial score (nSPS) is 20.3. The Labute approximate surface area is 139 Å². The summed E-state index contributed by atoms with van der Waals surface area (Å²) in [4.78, 5) is 0. The van der Waals surface area contributed by atoms with Gasteiger partial charge in [0.05, 0.1) is 25.6 Å². The van der Waals surface area contributed by atoms with E-state index in [1.54, 1.807) is 7.11 Å². The van der Waals surface area contributed by atoms with E-state index in [9.17, 15) is 16.8 Å². The van der Waals surface area contributed by atoms with Gasteiger partial charge in [0.1, 0.15) is 15.2 Å². The molecule has 0 amide bonds. The van der Waals surface area contributed by atoms with Crippen LogP contribution in [0.4, 0.5) is 0 Å². The smallest absolute Gasteiger partial charge is 0.247 e. The van der Waals surface area contributed by atoms with E-state index in [1.165, 1.54) is 6.07 Å². The molecular formula is C12H19NO7S3. The fourth-order valence-electron chi connectivity index (χ4n) is 2.20. The van der Waals surface area contributed by atoms with E-state index in [0.717, 1.165) is 0 Å². The van der Waals surface area contributed by atoms with Crippen LogP contribution in [-0.4, -0.2) is 56.3 Å². The third-order valence-electron chi connectivity index (χ3n) is 3.36. The lowest BCUT2D eigenvalue weighted by Gasteiger charge is -2.22. The summed E-state index contributed by atoms with van der Waals surface area (Å²) in [6, 6.07) is 1.34. The zero-order valence-corrected chi connectivity index (χ0v) is 15.0. The molecule has 23 heavy (non-hydrogen) atoms. The van der Waals surface area contributed by atoms with Crippen LogP contribution in [0, 0.1) is 0 Å². The molecule has 1 aromatic heterocycles. The van der Waals surface area contributed by atoms with E-state index < -0.39 is 19.9 Å². The van der Waals surface area contributed by atoms with Crippen molar-refractivity contribution in [2.24, 2.45) is 5.14 Å². The number of primary sulfonamides is 1. The summed E-state index contributed by atoms with van der Waals surface area (Å²) in [5.74, 6) is -0.241. The molecule has 0 aliphatic carbocycles. The molecule has 0 saturated heterocycles. The van der Waals surface area contributed by atoms with Gasteiger partial charge in [-0.25, -0.2) is 22.0 Å². The minimum atomic E-state index is -3.93. The Morgan fingerprint density at radius 1 is 1.35 bits per heavy atom. The van der Waals surface area contributed by atoms with Crippen molar-refractivity contribution in [1.29, 1.82) is 0 Å². The minimum absolute atomic E-state index is 0.0386. The van der Waals surface area contributed by atoms with Gasteiger partial charge in [-0.15, -0.1) is 11.3 Å². The molecule has 132 valence electrons. The molecule has 2 N–H and O–H groups in total. The Kier molecular flexibility index (Phi) is 6.16.